The number of fused-ring (bicyclic) bond motifs is 1. The van der Waals surface area contributed by atoms with Gasteiger partial charge in [0.25, 0.3) is 0 Å². The number of anilines is 1. The first kappa shape index (κ1) is 14.0. The van der Waals surface area contributed by atoms with Crippen LogP contribution < -0.4 is 14.8 Å². The third-order valence-corrected chi connectivity index (χ3v) is 3.71. The van der Waals surface area contributed by atoms with Gasteiger partial charge in [-0.25, -0.2) is 4.98 Å². The summed E-state index contributed by atoms with van der Waals surface area (Å²) in [5.41, 5.74) is 2.97. The molecule has 21 heavy (non-hydrogen) atoms. The molecule has 1 aromatic heterocycles. The maximum atomic E-state index is 6.14. The number of halogens is 1. The largest absolute Gasteiger partial charge is 0.490 e. The Kier molecular flexibility index (Phi) is 4.15. The van der Waals surface area contributed by atoms with E-state index >= 15 is 0 Å². The Balaban J connectivity index is 1.83. The summed E-state index contributed by atoms with van der Waals surface area (Å²) in [6.07, 6.45) is 2.60. The number of pyridine rings is 1. The van der Waals surface area contributed by atoms with E-state index in [9.17, 15) is 0 Å². The highest BCUT2D eigenvalue weighted by molar-refractivity contribution is 6.32. The summed E-state index contributed by atoms with van der Waals surface area (Å²) in [5, 5.41) is 3.82. The van der Waals surface area contributed by atoms with Gasteiger partial charge in [0.05, 0.1) is 18.9 Å². The fraction of sp³-hybridized carbons (Fsp3) is 0.312. The van der Waals surface area contributed by atoms with Crippen molar-refractivity contribution in [2.45, 2.75) is 19.9 Å². The number of hydrogen-bond donors (Lipinski definition) is 1. The first-order valence-corrected chi connectivity index (χ1v) is 7.36. The predicted molar refractivity (Wildman–Crippen MR) is 83.4 cm³/mol. The molecule has 0 atom stereocenters. The van der Waals surface area contributed by atoms with Crippen LogP contribution in [0.15, 0.2) is 30.5 Å². The smallest absolute Gasteiger partial charge is 0.166 e. The Bertz CT molecular complexity index is 626. The maximum Gasteiger partial charge on any atom is 0.166 e. The maximum absolute atomic E-state index is 6.14. The van der Waals surface area contributed by atoms with Crippen LogP contribution in [0.4, 0.5) is 5.69 Å². The van der Waals surface area contributed by atoms with Crippen molar-refractivity contribution in [3.63, 3.8) is 0 Å². The van der Waals surface area contributed by atoms with Crippen molar-refractivity contribution in [1.82, 2.24) is 4.98 Å². The van der Waals surface area contributed by atoms with Gasteiger partial charge >= 0.3 is 0 Å². The van der Waals surface area contributed by atoms with Crippen LogP contribution in [0.1, 0.15) is 17.5 Å². The lowest BCUT2D eigenvalue weighted by Gasteiger charge is -2.15. The van der Waals surface area contributed by atoms with Crippen molar-refractivity contribution in [3.8, 4) is 11.5 Å². The molecule has 3 rings (SSSR count). The van der Waals surface area contributed by atoms with Gasteiger partial charge in [0, 0.05) is 24.7 Å². The second kappa shape index (κ2) is 6.22. The minimum Gasteiger partial charge on any atom is -0.490 e. The predicted octanol–water partition coefficient (Wildman–Crippen LogP) is 3.82. The lowest BCUT2D eigenvalue weighted by atomic mass is 10.1. The molecule has 2 aromatic rings. The summed E-state index contributed by atoms with van der Waals surface area (Å²) < 4.78 is 11.5. The molecule has 110 valence electrons. The van der Waals surface area contributed by atoms with Gasteiger partial charge in [0.2, 0.25) is 0 Å². The fourth-order valence-corrected chi connectivity index (χ4v) is 2.59. The molecule has 1 N–H and O–H groups in total. The van der Waals surface area contributed by atoms with Crippen LogP contribution in [0, 0.1) is 6.92 Å². The molecule has 0 radical (unpaired) electrons. The Labute approximate surface area is 129 Å². The van der Waals surface area contributed by atoms with Gasteiger partial charge < -0.3 is 14.8 Å². The molecule has 0 aliphatic carbocycles. The molecular weight excluding hydrogens is 288 g/mol. The van der Waals surface area contributed by atoms with Crippen molar-refractivity contribution in [2.24, 2.45) is 0 Å². The van der Waals surface area contributed by atoms with Crippen molar-refractivity contribution in [1.29, 1.82) is 0 Å². The third kappa shape index (κ3) is 3.05. The molecule has 1 aliphatic heterocycles. The number of nitrogens with one attached hydrogen (secondary N) is 1. The SMILES string of the molecule is Cc1ccnc(Cl)c1NCc1cccc2c1OCCCO2. The summed E-state index contributed by atoms with van der Waals surface area (Å²) in [7, 11) is 0. The zero-order chi connectivity index (χ0) is 14.7. The number of ether oxygens (including phenoxy) is 2. The number of nitrogens with zero attached hydrogens (tertiary/aromatic N) is 1. The van der Waals surface area contributed by atoms with Crippen LogP contribution in [0.3, 0.4) is 0 Å². The van der Waals surface area contributed by atoms with E-state index in [1.54, 1.807) is 6.20 Å². The molecule has 0 bridgehead atoms. The Hall–Kier alpha value is -1.94. The molecule has 0 amide bonds. The van der Waals surface area contributed by atoms with E-state index in [-0.39, 0.29) is 0 Å². The molecule has 1 aliphatic rings. The molecule has 0 saturated carbocycles. The molecule has 0 spiro atoms. The summed E-state index contributed by atoms with van der Waals surface area (Å²) in [4.78, 5) is 4.10. The van der Waals surface area contributed by atoms with Gasteiger partial charge in [-0.1, -0.05) is 23.7 Å². The van der Waals surface area contributed by atoms with E-state index in [1.807, 2.05) is 31.2 Å². The molecule has 0 fully saturated rings. The van der Waals surface area contributed by atoms with Crippen LogP contribution in [-0.2, 0) is 6.54 Å². The average Bonchev–Trinajstić information content (AvgIpc) is 2.72. The lowest BCUT2D eigenvalue weighted by Crippen LogP contribution is -2.05. The zero-order valence-corrected chi connectivity index (χ0v) is 12.6. The molecule has 0 saturated heterocycles. The molecule has 0 unspecified atom stereocenters. The first-order valence-electron chi connectivity index (χ1n) is 6.98. The monoisotopic (exact) mass is 304 g/mol. The number of hydrogen-bond acceptors (Lipinski definition) is 4. The van der Waals surface area contributed by atoms with E-state index < -0.39 is 0 Å². The Morgan fingerprint density at radius 3 is 2.95 bits per heavy atom. The van der Waals surface area contributed by atoms with Gasteiger partial charge in [0.1, 0.15) is 0 Å². The topological polar surface area (TPSA) is 43.4 Å². The number of benzene rings is 1. The fourth-order valence-electron chi connectivity index (χ4n) is 2.31. The Morgan fingerprint density at radius 1 is 1.24 bits per heavy atom. The van der Waals surface area contributed by atoms with Gasteiger partial charge in [-0.15, -0.1) is 0 Å². The minimum atomic E-state index is 0.481. The number of aryl methyl sites for hydroxylation is 1. The second-order valence-electron chi connectivity index (χ2n) is 4.94. The minimum absolute atomic E-state index is 0.481. The number of para-hydroxylation sites is 1. The van der Waals surface area contributed by atoms with Gasteiger partial charge in [0.15, 0.2) is 16.7 Å². The highest BCUT2D eigenvalue weighted by Crippen LogP contribution is 2.34. The molecule has 5 heteroatoms. The number of rotatable bonds is 3. The summed E-state index contributed by atoms with van der Waals surface area (Å²) in [6, 6.07) is 7.87. The highest BCUT2D eigenvalue weighted by atomic mass is 35.5. The molecular formula is C16H17ClN2O2. The van der Waals surface area contributed by atoms with Crippen molar-refractivity contribution in [2.75, 3.05) is 18.5 Å². The van der Waals surface area contributed by atoms with Gasteiger partial charge in [-0.05, 0) is 24.6 Å². The molecule has 2 heterocycles. The quantitative estimate of drug-likeness (QED) is 0.876. The number of aromatic nitrogens is 1. The lowest BCUT2D eigenvalue weighted by molar-refractivity contribution is 0.296. The van der Waals surface area contributed by atoms with Crippen molar-refractivity contribution < 1.29 is 9.47 Å². The normalized spacial score (nSPS) is 13.6. The molecule has 1 aromatic carbocycles. The van der Waals surface area contributed by atoms with E-state index in [2.05, 4.69) is 10.3 Å². The van der Waals surface area contributed by atoms with E-state index in [0.717, 1.165) is 34.7 Å². The van der Waals surface area contributed by atoms with Crippen molar-refractivity contribution in [3.05, 3.63) is 46.7 Å². The third-order valence-electron chi connectivity index (χ3n) is 3.42. The highest BCUT2D eigenvalue weighted by Gasteiger charge is 2.15. The Morgan fingerprint density at radius 2 is 2.10 bits per heavy atom. The van der Waals surface area contributed by atoms with Crippen LogP contribution in [0.5, 0.6) is 11.5 Å². The summed E-state index contributed by atoms with van der Waals surface area (Å²) in [6.45, 7) is 3.98. The first-order chi connectivity index (χ1) is 10.3. The zero-order valence-electron chi connectivity index (χ0n) is 11.9. The van der Waals surface area contributed by atoms with Crippen LogP contribution in [0.25, 0.3) is 0 Å². The van der Waals surface area contributed by atoms with Gasteiger partial charge in [-0.2, -0.15) is 0 Å². The van der Waals surface area contributed by atoms with Gasteiger partial charge in [-0.3, -0.25) is 0 Å². The molecule has 4 nitrogen and oxygen atoms in total. The van der Waals surface area contributed by atoms with Crippen LogP contribution >= 0.6 is 11.6 Å². The van der Waals surface area contributed by atoms with E-state index in [1.165, 1.54) is 0 Å². The van der Waals surface area contributed by atoms with Crippen molar-refractivity contribution >= 4 is 17.3 Å². The second-order valence-corrected chi connectivity index (χ2v) is 5.30. The summed E-state index contributed by atoms with van der Waals surface area (Å²) >= 11 is 6.14. The summed E-state index contributed by atoms with van der Waals surface area (Å²) in [5.74, 6) is 1.63. The average molecular weight is 305 g/mol. The van der Waals surface area contributed by atoms with Crippen LogP contribution in [0.2, 0.25) is 5.15 Å². The standard InChI is InChI=1S/C16H17ClN2O2/c1-11-6-7-18-16(17)14(11)19-10-12-4-2-5-13-15(12)21-9-3-8-20-13/h2,4-7,19H,3,8-10H2,1H3. The van der Waals surface area contributed by atoms with Crippen LogP contribution in [-0.4, -0.2) is 18.2 Å². The van der Waals surface area contributed by atoms with E-state index in [4.69, 9.17) is 21.1 Å². The van der Waals surface area contributed by atoms with E-state index in [0.29, 0.717) is 24.9 Å².